The van der Waals surface area contributed by atoms with Crippen LogP contribution in [0, 0.1) is 0 Å². The molecule has 1 amide bonds. The molecule has 0 bridgehead atoms. The summed E-state index contributed by atoms with van der Waals surface area (Å²) in [5, 5.41) is 2.71. The summed E-state index contributed by atoms with van der Waals surface area (Å²) in [5.74, 6) is -0.581. The van der Waals surface area contributed by atoms with Crippen molar-refractivity contribution in [3.05, 3.63) is 70.5 Å². The number of hydrogen-bond acceptors (Lipinski definition) is 4. The number of carbonyl (C=O) groups is 1. The summed E-state index contributed by atoms with van der Waals surface area (Å²) in [5.41, 5.74) is 0.592. The maximum absolute atomic E-state index is 12.8. The van der Waals surface area contributed by atoms with E-state index >= 15 is 0 Å². The predicted molar refractivity (Wildman–Crippen MR) is 108 cm³/mol. The minimum Gasteiger partial charge on any atom is -0.360 e. The molecule has 1 aliphatic carbocycles. The Labute approximate surface area is 162 Å². The van der Waals surface area contributed by atoms with Gasteiger partial charge in [-0.15, -0.1) is 0 Å². The molecule has 6 nitrogen and oxygen atoms in total. The van der Waals surface area contributed by atoms with Gasteiger partial charge < -0.3 is 10.3 Å². The summed E-state index contributed by atoms with van der Waals surface area (Å²) < 4.78 is 25.6. The summed E-state index contributed by atoms with van der Waals surface area (Å²) in [6, 6.07) is 13.2. The van der Waals surface area contributed by atoms with E-state index in [0.717, 1.165) is 12.8 Å². The first-order valence-corrected chi connectivity index (χ1v) is 10.8. The molecule has 0 aliphatic heterocycles. The maximum atomic E-state index is 12.8. The topological polar surface area (TPSA) is 96.1 Å². The number of sulfone groups is 1. The van der Waals surface area contributed by atoms with Crippen molar-refractivity contribution in [2.24, 2.45) is 0 Å². The first-order chi connectivity index (χ1) is 13.5. The van der Waals surface area contributed by atoms with Crippen molar-refractivity contribution < 1.29 is 13.2 Å². The Bertz CT molecular complexity index is 1210. The molecule has 0 unspecified atom stereocenters. The van der Waals surface area contributed by atoms with E-state index in [-0.39, 0.29) is 21.1 Å². The number of anilines is 1. The highest BCUT2D eigenvalue weighted by Crippen LogP contribution is 2.30. The minimum absolute atomic E-state index is 0.0252. The minimum atomic E-state index is -3.42. The number of para-hydroxylation sites is 1. The number of H-pyrrole nitrogens is 1. The lowest BCUT2D eigenvalue weighted by atomic mass is 10.1. The molecule has 0 spiro atoms. The number of aromatic amines is 1. The summed E-state index contributed by atoms with van der Waals surface area (Å²) >= 11 is 0. The smallest absolute Gasteiger partial charge is 0.261 e. The maximum Gasteiger partial charge on any atom is 0.261 e. The van der Waals surface area contributed by atoms with Crippen molar-refractivity contribution in [1.29, 1.82) is 0 Å². The van der Waals surface area contributed by atoms with Crippen LogP contribution in [0.25, 0.3) is 10.9 Å². The molecule has 1 saturated carbocycles. The van der Waals surface area contributed by atoms with Crippen LogP contribution in [0.3, 0.4) is 0 Å². The number of carbonyl (C=O) groups excluding carboxylic acids is 1. The zero-order chi connectivity index (χ0) is 19.7. The molecule has 7 heteroatoms. The lowest BCUT2D eigenvalue weighted by Crippen LogP contribution is -2.22. The Hall–Kier alpha value is -2.93. The molecule has 2 N–H and O–H groups in total. The van der Waals surface area contributed by atoms with E-state index in [9.17, 15) is 18.0 Å². The normalized spacial score (nSPS) is 15.0. The molecule has 1 heterocycles. The Morgan fingerprint density at radius 3 is 2.57 bits per heavy atom. The molecule has 1 aromatic heterocycles. The van der Waals surface area contributed by atoms with Crippen LogP contribution in [0.1, 0.15) is 36.0 Å². The number of hydrogen-bond donors (Lipinski definition) is 2. The second kappa shape index (κ2) is 7.24. The van der Waals surface area contributed by atoms with Gasteiger partial charge in [0.1, 0.15) is 5.56 Å². The van der Waals surface area contributed by atoms with Crippen LogP contribution in [-0.2, 0) is 9.84 Å². The van der Waals surface area contributed by atoms with Crippen molar-refractivity contribution >= 4 is 32.3 Å². The molecule has 0 atom stereocenters. The highest BCUT2D eigenvalue weighted by Gasteiger charge is 2.30. The molecule has 0 saturated heterocycles. The lowest BCUT2D eigenvalue weighted by molar-refractivity contribution is 0.102. The molecule has 1 aliphatic rings. The van der Waals surface area contributed by atoms with Crippen molar-refractivity contribution in [3.8, 4) is 0 Å². The third kappa shape index (κ3) is 3.33. The third-order valence-corrected chi connectivity index (χ3v) is 7.45. The number of nitrogens with one attached hydrogen (secondary N) is 2. The first-order valence-electron chi connectivity index (χ1n) is 9.22. The van der Waals surface area contributed by atoms with E-state index in [2.05, 4.69) is 10.3 Å². The largest absolute Gasteiger partial charge is 0.360 e. The van der Waals surface area contributed by atoms with Gasteiger partial charge in [-0.1, -0.05) is 31.0 Å². The molecule has 144 valence electrons. The van der Waals surface area contributed by atoms with E-state index in [4.69, 9.17) is 0 Å². The number of pyridine rings is 1. The van der Waals surface area contributed by atoms with Crippen LogP contribution >= 0.6 is 0 Å². The van der Waals surface area contributed by atoms with E-state index in [0.29, 0.717) is 29.4 Å². The van der Waals surface area contributed by atoms with E-state index in [1.165, 1.54) is 12.3 Å². The molecule has 4 rings (SSSR count). The first kappa shape index (κ1) is 18.4. The van der Waals surface area contributed by atoms with Gasteiger partial charge in [-0.2, -0.15) is 0 Å². The van der Waals surface area contributed by atoms with Gasteiger partial charge in [-0.05, 0) is 43.2 Å². The molecule has 28 heavy (non-hydrogen) atoms. The summed E-state index contributed by atoms with van der Waals surface area (Å²) in [4.78, 5) is 28.3. The molecule has 2 aromatic carbocycles. The molecule has 0 radical (unpaired) electrons. The average molecular weight is 396 g/mol. The third-order valence-electron chi connectivity index (χ3n) is 5.19. The van der Waals surface area contributed by atoms with Gasteiger partial charge >= 0.3 is 0 Å². The fourth-order valence-corrected chi connectivity index (χ4v) is 5.57. The molecule has 3 aromatic rings. The SMILES string of the molecule is O=C(Nc1cccc(S(=O)(=O)C2CCCC2)c1)c1c[nH]c2ccccc2c1=O. The van der Waals surface area contributed by atoms with Gasteiger partial charge in [0.25, 0.3) is 5.91 Å². The number of amides is 1. The zero-order valence-electron chi connectivity index (χ0n) is 15.1. The number of rotatable bonds is 4. The monoisotopic (exact) mass is 396 g/mol. The van der Waals surface area contributed by atoms with Crippen LogP contribution in [0.5, 0.6) is 0 Å². The van der Waals surface area contributed by atoms with Crippen molar-refractivity contribution in [2.75, 3.05) is 5.32 Å². The quantitative estimate of drug-likeness (QED) is 0.705. The zero-order valence-corrected chi connectivity index (χ0v) is 16.0. The predicted octanol–water partition coefficient (Wildman–Crippen LogP) is 3.50. The summed E-state index contributed by atoms with van der Waals surface area (Å²) in [6.45, 7) is 0. The summed E-state index contributed by atoms with van der Waals surface area (Å²) in [6.07, 6.45) is 4.56. The van der Waals surface area contributed by atoms with Gasteiger partial charge in [-0.3, -0.25) is 9.59 Å². The molecular weight excluding hydrogens is 376 g/mol. The van der Waals surface area contributed by atoms with Crippen LogP contribution in [-0.4, -0.2) is 24.6 Å². The van der Waals surface area contributed by atoms with Crippen LogP contribution in [0.4, 0.5) is 5.69 Å². The highest BCUT2D eigenvalue weighted by atomic mass is 32.2. The number of aromatic nitrogens is 1. The van der Waals surface area contributed by atoms with Gasteiger partial charge in [0.15, 0.2) is 9.84 Å². The van der Waals surface area contributed by atoms with E-state index in [1.54, 1.807) is 42.5 Å². The number of fused-ring (bicyclic) bond motifs is 1. The van der Waals surface area contributed by atoms with Gasteiger partial charge in [0.05, 0.1) is 10.1 Å². The second-order valence-corrected chi connectivity index (χ2v) is 9.24. The standard InChI is InChI=1S/C21H20N2O4S/c24-20-17-10-3-4-11-19(17)22-13-18(20)21(25)23-14-6-5-9-16(12-14)28(26,27)15-7-1-2-8-15/h3-6,9-13,15H,1-2,7-8H2,(H,22,24)(H,23,25). The van der Waals surface area contributed by atoms with Crippen molar-refractivity contribution in [3.63, 3.8) is 0 Å². The van der Waals surface area contributed by atoms with Crippen LogP contribution in [0.15, 0.2) is 64.4 Å². The Morgan fingerprint density at radius 1 is 1.04 bits per heavy atom. The fourth-order valence-electron chi connectivity index (χ4n) is 3.68. The van der Waals surface area contributed by atoms with E-state index in [1.807, 2.05) is 0 Å². The Balaban J connectivity index is 1.62. The van der Waals surface area contributed by atoms with Crippen molar-refractivity contribution in [1.82, 2.24) is 4.98 Å². The van der Waals surface area contributed by atoms with Gasteiger partial charge in [0, 0.05) is 22.8 Å². The number of benzene rings is 2. The Morgan fingerprint density at radius 2 is 1.79 bits per heavy atom. The molecular formula is C21H20N2O4S. The highest BCUT2D eigenvalue weighted by molar-refractivity contribution is 7.92. The lowest BCUT2D eigenvalue weighted by Gasteiger charge is -2.12. The van der Waals surface area contributed by atoms with Crippen LogP contribution in [0.2, 0.25) is 0 Å². The van der Waals surface area contributed by atoms with E-state index < -0.39 is 15.7 Å². The van der Waals surface area contributed by atoms with Gasteiger partial charge in [-0.25, -0.2) is 8.42 Å². The average Bonchev–Trinajstić information content (AvgIpc) is 3.24. The Kier molecular flexibility index (Phi) is 4.77. The van der Waals surface area contributed by atoms with Crippen LogP contribution < -0.4 is 10.7 Å². The van der Waals surface area contributed by atoms with Gasteiger partial charge in [0.2, 0.25) is 5.43 Å². The molecule has 1 fully saturated rings. The second-order valence-electron chi connectivity index (χ2n) is 7.01. The summed E-state index contributed by atoms with van der Waals surface area (Å²) in [7, 11) is -3.42. The van der Waals surface area contributed by atoms with Crippen molar-refractivity contribution in [2.45, 2.75) is 35.8 Å². The fraction of sp³-hybridized carbons (Fsp3) is 0.238.